The van der Waals surface area contributed by atoms with Gasteiger partial charge in [0.25, 0.3) is 0 Å². The predicted molar refractivity (Wildman–Crippen MR) is 196 cm³/mol. The molecule has 0 radical (unpaired) electrons. The van der Waals surface area contributed by atoms with Gasteiger partial charge < -0.3 is 38.6 Å². The maximum Gasteiger partial charge on any atom is 0.461 e. The van der Waals surface area contributed by atoms with Gasteiger partial charge in [-0.2, -0.15) is 35.1 Å². The van der Waals surface area contributed by atoms with Crippen molar-refractivity contribution in [2.45, 2.75) is 37.8 Å². The van der Waals surface area contributed by atoms with Crippen molar-refractivity contribution < 1.29 is 92.9 Å². The Morgan fingerprint density at radius 3 is 1.31 bits per heavy atom. The monoisotopic (exact) mass is 868 g/mol. The Morgan fingerprint density at radius 1 is 0.574 bits per heavy atom. The summed E-state index contributed by atoms with van der Waals surface area (Å²) in [6, 6.07) is 16.2. The van der Waals surface area contributed by atoms with E-state index in [1.54, 1.807) is 0 Å². The van der Waals surface area contributed by atoms with Crippen LogP contribution in [0.4, 0.5) is 35.1 Å². The van der Waals surface area contributed by atoms with Gasteiger partial charge in [0.15, 0.2) is 28.8 Å². The van der Waals surface area contributed by atoms with E-state index in [-0.39, 0.29) is 22.6 Å². The highest BCUT2D eigenvalue weighted by Gasteiger charge is 2.46. The Bertz CT molecular complexity index is 2280. The molecular formula is C41H32F8O12. The molecule has 0 fully saturated rings. The zero-order valence-corrected chi connectivity index (χ0v) is 31.6. The lowest BCUT2D eigenvalue weighted by molar-refractivity contribution is -0.253. The third-order valence-electron chi connectivity index (χ3n) is 8.24. The van der Waals surface area contributed by atoms with Gasteiger partial charge in [-0.25, -0.2) is 9.59 Å². The summed E-state index contributed by atoms with van der Waals surface area (Å²) >= 11 is 0. The second-order valence-corrected chi connectivity index (χ2v) is 12.5. The zero-order chi connectivity index (χ0) is 45.3. The van der Waals surface area contributed by atoms with E-state index in [2.05, 4.69) is 9.47 Å². The minimum atomic E-state index is -4.82. The van der Waals surface area contributed by atoms with Crippen molar-refractivity contribution in [3.05, 3.63) is 119 Å². The van der Waals surface area contributed by atoms with E-state index in [0.29, 0.717) is 11.1 Å². The Morgan fingerprint density at radius 2 is 0.951 bits per heavy atom. The fourth-order valence-corrected chi connectivity index (χ4v) is 4.79. The molecule has 1 unspecified atom stereocenters. The molecule has 2 N–H and O–H groups in total. The van der Waals surface area contributed by atoms with Gasteiger partial charge in [0, 0.05) is 0 Å². The number of alkyl halides is 8. The fourth-order valence-electron chi connectivity index (χ4n) is 4.79. The lowest BCUT2D eigenvalue weighted by Crippen LogP contribution is -2.46. The van der Waals surface area contributed by atoms with Crippen molar-refractivity contribution in [1.29, 1.82) is 0 Å². The molecule has 324 valence electrons. The number of ether oxygens (including phenoxy) is 6. The average Bonchev–Trinajstić information content (AvgIpc) is 3.22. The molecule has 61 heavy (non-hydrogen) atoms. The highest BCUT2D eigenvalue weighted by Crippen LogP contribution is 2.36. The standard InChI is InChI=1S/C41H32F8O12/c1-22(29(50)16-8-23-4-12-27(13-5-23)58-35(52)25-10-17-30(32(20-25)56-2)60-40(46,47)37(42)43)39(54,55)34(51)19-9-24-6-14-28(15-7-24)59-36(53)26-11-18-31(33(21-26)57-3)61-41(48,49)38(44)45/h4-22,37-38,54-55H,1-3H3/b16-8+,19-9+. The van der Waals surface area contributed by atoms with Gasteiger partial charge in [-0.15, -0.1) is 0 Å². The summed E-state index contributed by atoms with van der Waals surface area (Å²) in [4.78, 5) is 50.8. The van der Waals surface area contributed by atoms with Gasteiger partial charge in [-0.3, -0.25) is 9.59 Å². The Kier molecular flexibility index (Phi) is 15.0. The number of benzene rings is 4. The summed E-state index contributed by atoms with van der Waals surface area (Å²) in [6.07, 6.45) is -13.7. The minimum Gasteiger partial charge on any atom is -0.493 e. The van der Waals surface area contributed by atoms with E-state index in [4.69, 9.17) is 18.9 Å². The van der Waals surface area contributed by atoms with Crippen LogP contribution in [0.2, 0.25) is 0 Å². The minimum absolute atomic E-state index is 0.00685. The molecule has 0 aliphatic carbocycles. The number of carbonyl (C=O) groups excluding carboxylic acids is 4. The van der Waals surface area contributed by atoms with Gasteiger partial charge in [0.1, 0.15) is 11.5 Å². The highest BCUT2D eigenvalue weighted by molar-refractivity contribution is 6.05. The molecule has 4 aromatic rings. The zero-order valence-electron chi connectivity index (χ0n) is 31.6. The van der Waals surface area contributed by atoms with Crippen molar-refractivity contribution >= 4 is 35.7 Å². The molecule has 0 bridgehead atoms. The lowest BCUT2D eigenvalue weighted by atomic mass is 9.91. The van der Waals surface area contributed by atoms with E-state index in [1.807, 2.05) is 0 Å². The largest absolute Gasteiger partial charge is 0.493 e. The van der Waals surface area contributed by atoms with Crippen LogP contribution in [0.3, 0.4) is 0 Å². The maximum atomic E-state index is 13.3. The van der Waals surface area contributed by atoms with E-state index < -0.39 is 83.3 Å². The van der Waals surface area contributed by atoms with Crippen LogP contribution in [-0.2, 0) is 9.59 Å². The molecule has 0 saturated carbocycles. The van der Waals surface area contributed by atoms with Gasteiger partial charge in [-0.1, -0.05) is 36.4 Å². The first-order chi connectivity index (χ1) is 28.6. The van der Waals surface area contributed by atoms with Crippen molar-refractivity contribution in [1.82, 2.24) is 0 Å². The van der Waals surface area contributed by atoms with Crippen LogP contribution in [0.15, 0.2) is 97.1 Å². The van der Waals surface area contributed by atoms with Crippen LogP contribution in [0.25, 0.3) is 12.2 Å². The van der Waals surface area contributed by atoms with Crippen molar-refractivity contribution in [2.24, 2.45) is 5.92 Å². The number of hydrogen-bond donors (Lipinski definition) is 2. The first-order valence-electron chi connectivity index (χ1n) is 17.2. The summed E-state index contributed by atoms with van der Waals surface area (Å²) in [5.41, 5.74) is 0.252. The summed E-state index contributed by atoms with van der Waals surface area (Å²) in [5, 5.41) is 21.1. The Balaban J connectivity index is 1.31. The Labute approximate surface area is 340 Å². The van der Waals surface area contributed by atoms with Gasteiger partial charge in [-0.05, 0) is 90.9 Å². The second-order valence-electron chi connectivity index (χ2n) is 12.5. The molecule has 1 atom stereocenters. The molecule has 20 heteroatoms. The van der Waals surface area contributed by atoms with E-state index in [0.717, 1.165) is 69.7 Å². The Hall–Kier alpha value is -6.80. The number of rotatable bonds is 19. The number of methoxy groups -OCH3 is 2. The quantitative estimate of drug-likeness (QED) is 0.0310. The van der Waals surface area contributed by atoms with E-state index >= 15 is 0 Å². The molecule has 0 aromatic heterocycles. The third kappa shape index (κ3) is 12.1. The number of esters is 2. The SMILES string of the molecule is COc1cc(C(=O)Oc2ccc(/C=C/C(=O)C(C)C(O)(O)C(=O)/C=C/c3ccc(OC(=O)c4ccc(OC(F)(F)C(F)F)c(OC)c4)cc3)cc2)ccc1OC(F)(F)C(F)F. The van der Waals surface area contributed by atoms with Crippen LogP contribution >= 0.6 is 0 Å². The number of carbonyl (C=O) groups is 4. The van der Waals surface area contributed by atoms with Crippen LogP contribution in [0.5, 0.6) is 34.5 Å². The van der Waals surface area contributed by atoms with Gasteiger partial charge in [0.05, 0.1) is 31.3 Å². The summed E-state index contributed by atoms with van der Waals surface area (Å²) in [5.74, 6) is -11.4. The first-order valence-corrected chi connectivity index (χ1v) is 17.2. The van der Waals surface area contributed by atoms with Gasteiger partial charge >= 0.3 is 37.0 Å². The van der Waals surface area contributed by atoms with Gasteiger partial charge in [0.2, 0.25) is 11.6 Å². The van der Waals surface area contributed by atoms with E-state index in [1.165, 1.54) is 60.7 Å². The molecule has 4 rings (SSSR count). The third-order valence-corrected chi connectivity index (χ3v) is 8.24. The normalized spacial score (nSPS) is 12.7. The fraction of sp³-hybridized carbons (Fsp3) is 0.220. The lowest BCUT2D eigenvalue weighted by Gasteiger charge is -2.23. The molecule has 0 spiro atoms. The van der Waals surface area contributed by atoms with Crippen molar-refractivity contribution in [3.8, 4) is 34.5 Å². The number of hydrogen-bond acceptors (Lipinski definition) is 12. The van der Waals surface area contributed by atoms with Crippen molar-refractivity contribution in [2.75, 3.05) is 14.2 Å². The topological polar surface area (TPSA) is 164 Å². The first kappa shape index (κ1) is 46.9. The van der Waals surface area contributed by atoms with E-state index in [9.17, 15) is 64.5 Å². The van der Waals surface area contributed by atoms with Crippen LogP contribution < -0.4 is 28.4 Å². The number of allylic oxidation sites excluding steroid dienone is 1. The smallest absolute Gasteiger partial charge is 0.461 e. The highest BCUT2D eigenvalue weighted by atomic mass is 19.3. The van der Waals surface area contributed by atoms with Crippen LogP contribution in [0, 0.1) is 5.92 Å². The molecule has 0 amide bonds. The maximum absolute atomic E-state index is 13.3. The molecule has 0 saturated heterocycles. The molecule has 0 aliphatic heterocycles. The van der Waals surface area contributed by atoms with Crippen LogP contribution in [-0.4, -0.2) is 78.8 Å². The number of halogens is 8. The number of ketones is 2. The summed E-state index contributed by atoms with van der Waals surface area (Å²) < 4.78 is 132. The number of aliphatic hydroxyl groups is 2. The molecule has 0 aliphatic rings. The van der Waals surface area contributed by atoms with Crippen LogP contribution in [0.1, 0.15) is 38.8 Å². The molecule has 12 nitrogen and oxygen atoms in total. The second kappa shape index (κ2) is 19.5. The molecule has 0 heterocycles. The average molecular weight is 869 g/mol. The molecular weight excluding hydrogens is 836 g/mol. The van der Waals surface area contributed by atoms with Crippen molar-refractivity contribution in [3.63, 3.8) is 0 Å². The molecule has 4 aromatic carbocycles. The predicted octanol–water partition coefficient (Wildman–Crippen LogP) is 7.80. The summed E-state index contributed by atoms with van der Waals surface area (Å²) in [7, 11) is 2.07. The summed E-state index contributed by atoms with van der Waals surface area (Å²) in [6.45, 7) is 1.09.